The Morgan fingerprint density at radius 1 is 1.21 bits per heavy atom. The van der Waals surface area contributed by atoms with Crippen LogP contribution in [0.25, 0.3) is 0 Å². The van der Waals surface area contributed by atoms with Crippen LogP contribution in [0.15, 0.2) is 47.6 Å². The van der Waals surface area contributed by atoms with Crippen LogP contribution in [0, 0.1) is 5.92 Å². The molecule has 1 atom stereocenters. The number of benzene rings is 1. The molecule has 1 aromatic carbocycles. The van der Waals surface area contributed by atoms with Gasteiger partial charge < -0.3 is 4.90 Å². The molecule has 1 fully saturated rings. The molecule has 0 spiro atoms. The number of hydrogen-bond donors (Lipinski definition) is 0. The van der Waals surface area contributed by atoms with Crippen molar-refractivity contribution in [3.05, 3.63) is 48.3 Å². The lowest BCUT2D eigenvalue weighted by molar-refractivity contribution is -0.131. The number of thioether (sulfide) groups is 1. The number of carbonyl (C=O) groups is 1. The summed E-state index contributed by atoms with van der Waals surface area (Å²) in [6, 6.07) is 10.4. The van der Waals surface area contributed by atoms with Crippen molar-refractivity contribution in [3.63, 3.8) is 0 Å². The second-order valence-electron chi connectivity index (χ2n) is 6.74. The maximum absolute atomic E-state index is 12.8. The number of hydrogen-bond acceptors (Lipinski definition) is 3. The summed E-state index contributed by atoms with van der Waals surface area (Å²) in [6.07, 6.45) is 8.15. The molecule has 4 nitrogen and oxygen atoms in total. The Labute approximate surface area is 147 Å². The second kappa shape index (κ2) is 7.01. The molecule has 3 heterocycles. The molecule has 126 valence electrons. The summed E-state index contributed by atoms with van der Waals surface area (Å²) in [5.41, 5.74) is 1.33. The Kier molecular flexibility index (Phi) is 4.60. The Bertz CT molecular complexity index is 667. The van der Waals surface area contributed by atoms with Gasteiger partial charge in [0, 0.05) is 36.9 Å². The number of fused-ring (bicyclic) bond motifs is 1. The van der Waals surface area contributed by atoms with E-state index in [4.69, 9.17) is 0 Å². The molecule has 0 saturated carbocycles. The highest BCUT2D eigenvalue weighted by Gasteiger charge is 2.33. The zero-order valence-corrected chi connectivity index (χ0v) is 14.6. The predicted octanol–water partition coefficient (Wildman–Crippen LogP) is 3.23. The van der Waals surface area contributed by atoms with Gasteiger partial charge in [0.2, 0.25) is 5.91 Å². The molecule has 0 bridgehead atoms. The first-order valence-corrected chi connectivity index (χ1v) is 9.68. The molecule has 1 saturated heterocycles. The number of carbonyl (C=O) groups excluding carboxylic acids is 1. The van der Waals surface area contributed by atoms with Crippen LogP contribution in [0.1, 0.15) is 24.8 Å². The summed E-state index contributed by atoms with van der Waals surface area (Å²) in [6.45, 7) is 2.81. The summed E-state index contributed by atoms with van der Waals surface area (Å²) in [5, 5.41) is 4.35. The van der Waals surface area contributed by atoms with Gasteiger partial charge in [0.15, 0.2) is 0 Å². The lowest BCUT2D eigenvalue weighted by Crippen LogP contribution is -2.43. The van der Waals surface area contributed by atoms with Crippen molar-refractivity contribution in [2.75, 3.05) is 13.1 Å². The van der Waals surface area contributed by atoms with Gasteiger partial charge in [-0.3, -0.25) is 9.48 Å². The third kappa shape index (κ3) is 3.36. The second-order valence-corrected chi connectivity index (χ2v) is 7.99. The average molecular weight is 341 g/mol. The Morgan fingerprint density at radius 3 is 2.79 bits per heavy atom. The molecule has 24 heavy (non-hydrogen) atoms. The van der Waals surface area contributed by atoms with E-state index >= 15 is 0 Å². The van der Waals surface area contributed by atoms with Gasteiger partial charge in [-0.1, -0.05) is 18.2 Å². The minimum absolute atomic E-state index is 0.0861. The largest absolute Gasteiger partial charge is 0.342 e. The number of amides is 1. The van der Waals surface area contributed by atoms with Gasteiger partial charge in [-0.15, -0.1) is 11.8 Å². The van der Waals surface area contributed by atoms with Crippen molar-refractivity contribution in [3.8, 4) is 0 Å². The summed E-state index contributed by atoms with van der Waals surface area (Å²) < 4.78 is 2.00. The van der Waals surface area contributed by atoms with E-state index in [1.807, 2.05) is 23.1 Å². The fourth-order valence-corrected chi connectivity index (χ4v) is 4.99. The first kappa shape index (κ1) is 15.8. The van der Waals surface area contributed by atoms with Crippen LogP contribution in [-0.2, 0) is 17.8 Å². The van der Waals surface area contributed by atoms with Gasteiger partial charge in [0.25, 0.3) is 0 Å². The maximum Gasteiger partial charge on any atom is 0.236 e. The Hall–Kier alpha value is -1.75. The first-order chi connectivity index (χ1) is 11.8. The van der Waals surface area contributed by atoms with Crippen molar-refractivity contribution in [2.24, 2.45) is 5.92 Å². The van der Waals surface area contributed by atoms with Gasteiger partial charge in [-0.05, 0) is 49.3 Å². The highest BCUT2D eigenvalue weighted by molar-refractivity contribution is 8.01. The predicted molar refractivity (Wildman–Crippen MR) is 95.9 cm³/mol. The lowest BCUT2D eigenvalue weighted by atomic mass is 9.93. The van der Waals surface area contributed by atoms with Crippen molar-refractivity contribution in [1.82, 2.24) is 14.7 Å². The van der Waals surface area contributed by atoms with Crippen molar-refractivity contribution in [2.45, 2.75) is 42.4 Å². The molecule has 2 aliphatic rings. The van der Waals surface area contributed by atoms with Crippen molar-refractivity contribution >= 4 is 17.7 Å². The van der Waals surface area contributed by atoms with Crippen LogP contribution in [0.5, 0.6) is 0 Å². The van der Waals surface area contributed by atoms with Crippen LogP contribution in [-0.4, -0.2) is 38.9 Å². The number of nitrogens with zero attached hydrogens (tertiary/aromatic N) is 3. The summed E-state index contributed by atoms with van der Waals surface area (Å²) in [4.78, 5) is 16.2. The summed E-state index contributed by atoms with van der Waals surface area (Å²) in [7, 11) is 0. The normalized spacial score (nSPS) is 21.0. The van der Waals surface area contributed by atoms with Crippen molar-refractivity contribution in [1.29, 1.82) is 0 Å². The van der Waals surface area contributed by atoms with Crippen LogP contribution in [0.2, 0.25) is 0 Å². The van der Waals surface area contributed by atoms with Gasteiger partial charge in [0.1, 0.15) is 0 Å². The number of rotatable bonds is 4. The van der Waals surface area contributed by atoms with Crippen LogP contribution >= 0.6 is 11.8 Å². The van der Waals surface area contributed by atoms with E-state index in [1.54, 1.807) is 11.8 Å². The highest BCUT2D eigenvalue weighted by Crippen LogP contribution is 2.38. The minimum Gasteiger partial charge on any atom is -0.342 e. The summed E-state index contributed by atoms with van der Waals surface area (Å²) in [5.74, 6) is 1.05. The van der Waals surface area contributed by atoms with E-state index in [0.29, 0.717) is 11.8 Å². The monoisotopic (exact) mass is 341 g/mol. The van der Waals surface area contributed by atoms with E-state index in [1.165, 1.54) is 10.5 Å². The Balaban J connectivity index is 1.26. The average Bonchev–Trinajstić information content (AvgIpc) is 3.29. The molecular weight excluding hydrogens is 318 g/mol. The number of aryl methyl sites for hydroxylation is 1. The highest BCUT2D eigenvalue weighted by atomic mass is 32.2. The molecule has 1 amide bonds. The molecule has 0 radical (unpaired) electrons. The minimum atomic E-state index is 0.0861. The smallest absolute Gasteiger partial charge is 0.236 e. The zero-order valence-electron chi connectivity index (χ0n) is 13.8. The van der Waals surface area contributed by atoms with Crippen LogP contribution < -0.4 is 0 Å². The van der Waals surface area contributed by atoms with Gasteiger partial charge in [0.05, 0.1) is 5.25 Å². The molecular formula is C19H23N3OS. The fourth-order valence-electron chi connectivity index (χ4n) is 3.71. The maximum atomic E-state index is 12.8. The molecule has 0 unspecified atom stereocenters. The quantitative estimate of drug-likeness (QED) is 0.857. The molecule has 2 aliphatic heterocycles. The Morgan fingerprint density at radius 2 is 2.04 bits per heavy atom. The lowest BCUT2D eigenvalue weighted by Gasteiger charge is -2.33. The molecule has 2 aromatic rings. The zero-order chi connectivity index (χ0) is 16.4. The molecule has 0 N–H and O–H groups in total. The van der Waals surface area contributed by atoms with E-state index in [9.17, 15) is 4.79 Å². The van der Waals surface area contributed by atoms with Gasteiger partial charge in [-0.25, -0.2) is 0 Å². The van der Waals surface area contributed by atoms with E-state index < -0.39 is 0 Å². The molecule has 1 aromatic heterocycles. The van der Waals surface area contributed by atoms with Crippen LogP contribution in [0.4, 0.5) is 0 Å². The molecule has 5 heteroatoms. The number of aromatic nitrogens is 2. The van der Waals surface area contributed by atoms with E-state index in [0.717, 1.165) is 45.3 Å². The standard InChI is InChI=1S/C19H23N3OS/c23-19(18-14-16-4-1-2-5-17(16)24-18)21-11-6-15(7-12-21)8-13-22-10-3-9-20-22/h1-5,9-10,15,18H,6-8,11-14H2/t18-/m0/s1. The van der Waals surface area contributed by atoms with E-state index in [-0.39, 0.29) is 5.25 Å². The molecule has 4 rings (SSSR count). The summed E-state index contributed by atoms with van der Waals surface area (Å²) >= 11 is 1.74. The third-order valence-corrected chi connectivity index (χ3v) is 6.48. The SMILES string of the molecule is O=C([C@@H]1Cc2ccccc2S1)N1CCC(CCn2cccn2)CC1. The van der Waals surface area contributed by atoms with Gasteiger partial charge >= 0.3 is 0 Å². The number of likely N-dealkylation sites (tertiary alicyclic amines) is 1. The third-order valence-electron chi connectivity index (χ3n) is 5.17. The van der Waals surface area contributed by atoms with E-state index in [2.05, 4.69) is 34.3 Å². The molecule has 0 aliphatic carbocycles. The fraction of sp³-hybridized carbons (Fsp3) is 0.474. The first-order valence-electron chi connectivity index (χ1n) is 8.80. The van der Waals surface area contributed by atoms with Crippen LogP contribution in [0.3, 0.4) is 0 Å². The topological polar surface area (TPSA) is 38.1 Å². The van der Waals surface area contributed by atoms with Gasteiger partial charge in [-0.2, -0.15) is 5.10 Å². The number of piperidine rings is 1. The van der Waals surface area contributed by atoms with Crippen molar-refractivity contribution < 1.29 is 4.79 Å².